The molecule has 0 amide bonds. The first kappa shape index (κ1) is 10.2. The minimum atomic E-state index is -0.137. The summed E-state index contributed by atoms with van der Waals surface area (Å²) < 4.78 is 5.45. The Morgan fingerprint density at radius 2 is 2.06 bits per heavy atom. The molecule has 0 atom stereocenters. The molecule has 0 radical (unpaired) electrons. The fourth-order valence-corrected chi connectivity index (χ4v) is 1.30. The van der Waals surface area contributed by atoms with Gasteiger partial charge in [-0.25, -0.2) is 0 Å². The van der Waals surface area contributed by atoms with Gasteiger partial charge in [-0.05, 0) is 24.3 Å². The van der Waals surface area contributed by atoms with Gasteiger partial charge in [0, 0.05) is 17.7 Å². The Labute approximate surface area is 93.0 Å². The molecule has 1 aromatic carbocycles. The lowest BCUT2D eigenvalue weighted by Crippen LogP contribution is -2.04. The highest BCUT2D eigenvalue weighted by atomic mass is 16.5. The first-order chi connectivity index (χ1) is 7.65. The largest absolute Gasteiger partial charge is 0.508 e. The Bertz CT molecular complexity index is 510. The zero-order valence-corrected chi connectivity index (χ0v) is 8.51. The summed E-state index contributed by atoms with van der Waals surface area (Å²) in [5, 5.41) is 9.26. The number of phenols is 1. The van der Waals surface area contributed by atoms with E-state index in [0.29, 0.717) is 17.1 Å². The van der Waals surface area contributed by atoms with Crippen LogP contribution < -0.4 is 4.74 Å². The molecule has 16 heavy (non-hydrogen) atoms. The van der Waals surface area contributed by atoms with Crippen LogP contribution in [0.5, 0.6) is 11.5 Å². The van der Waals surface area contributed by atoms with Crippen molar-refractivity contribution in [2.75, 3.05) is 0 Å². The summed E-state index contributed by atoms with van der Waals surface area (Å²) in [6, 6.07) is 6.37. The number of hydrogen-bond donors (Lipinski definition) is 1. The summed E-state index contributed by atoms with van der Waals surface area (Å²) in [5.41, 5.74) is 0.628. The van der Waals surface area contributed by atoms with Gasteiger partial charge in [0.25, 0.3) is 0 Å². The van der Waals surface area contributed by atoms with Crippen molar-refractivity contribution < 1.29 is 14.6 Å². The second-order valence-corrected chi connectivity index (χ2v) is 3.37. The van der Waals surface area contributed by atoms with E-state index in [0.717, 1.165) is 0 Å². The van der Waals surface area contributed by atoms with Gasteiger partial charge in [-0.2, -0.15) is 0 Å². The van der Waals surface area contributed by atoms with Crippen molar-refractivity contribution >= 4 is 5.78 Å². The van der Waals surface area contributed by atoms with Gasteiger partial charge in [0.1, 0.15) is 17.3 Å². The van der Waals surface area contributed by atoms with E-state index in [1.54, 1.807) is 24.3 Å². The molecule has 0 aliphatic heterocycles. The molecular formula is C13H10O3. The molecule has 3 nitrogen and oxygen atoms in total. The van der Waals surface area contributed by atoms with Crippen molar-refractivity contribution in [1.82, 2.24) is 0 Å². The molecule has 0 aromatic heterocycles. The van der Waals surface area contributed by atoms with Gasteiger partial charge in [-0.3, -0.25) is 4.79 Å². The van der Waals surface area contributed by atoms with E-state index in [1.165, 1.54) is 18.2 Å². The summed E-state index contributed by atoms with van der Waals surface area (Å²) >= 11 is 0. The van der Waals surface area contributed by atoms with Gasteiger partial charge >= 0.3 is 0 Å². The minimum absolute atomic E-state index is 0.112. The lowest BCUT2D eigenvalue weighted by Gasteiger charge is -2.12. The van der Waals surface area contributed by atoms with Gasteiger partial charge < -0.3 is 9.84 Å². The molecule has 1 aromatic rings. The predicted octanol–water partition coefficient (Wildman–Crippen LogP) is 2.35. The molecule has 0 unspecified atom stereocenters. The summed E-state index contributed by atoms with van der Waals surface area (Å²) in [4.78, 5) is 11.1. The van der Waals surface area contributed by atoms with Crippen LogP contribution >= 0.6 is 0 Å². The van der Waals surface area contributed by atoms with Crippen LogP contribution in [0.25, 0.3) is 0 Å². The summed E-state index contributed by atoms with van der Waals surface area (Å²) in [5.74, 6) is 0.845. The van der Waals surface area contributed by atoms with Crippen LogP contribution in [0.4, 0.5) is 0 Å². The number of benzene rings is 1. The maximum atomic E-state index is 11.1. The van der Waals surface area contributed by atoms with Crippen LogP contribution in [0, 0.1) is 0 Å². The van der Waals surface area contributed by atoms with Crippen LogP contribution in [0.15, 0.2) is 60.4 Å². The first-order valence-electron chi connectivity index (χ1n) is 4.75. The van der Waals surface area contributed by atoms with E-state index in [-0.39, 0.29) is 11.5 Å². The number of carbonyl (C=O) groups excluding carboxylic acids is 1. The molecule has 2 rings (SSSR count). The summed E-state index contributed by atoms with van der Waals surface area (Å²) in [6.07, 6.45) is 4.39. The maximum absolute atomic E-state index is 11.1. The topological polar surface area (TPSA) is 46.5 Å². The van der Waals surface area contributed by atoms with Crippen molar-refractivity contribution in [1.29, 1.82) is 0 Å². The predicted molar refractivity (Wildman–Crippen MR) is 60.1 cm³/mol. The van der Waals surface area contributed by atoms with Crippen LogP contribution in [-0.2, 0) is 4.79 Å². The fourth-order valence-electron chi connectivity index (χ4n) is 1.30. The SMILES string of the molecule is C=C1C=CC(=O)C=C1Oc1cccc(O)c1. The number of carbonyl (C=O) groups is 1. The number of allylic oxidation sites excluding steroid dienone is 3. The van der Waals surface area contributed by atoms with E-state index in [1.807, 2.05) is 0 Å². The quantitative estimate of drug-likeness (QED) is 0.821. The third-order valence-corrected chi connectivity index (χ3v) is 2.08. The molecule has 0 spiro atoms. The Morgan fingerprint density at radius 3 is 2.81 bits per heavy atom. The second kappa shape index (κ2) is 4.06. The highest BCUT2D eigenvalue weighted by Gasteiger charge is 2.10. The molecule has 1 aliphatic rings. The van der Waals surface area contributed by atoms with Gasteiger partial charge in [0.15, 0.2) is 5.78 Å². The van der Waals surface area contributed by atoms with Crippen LogP contribution in [0.1, 0.15) is 0 Å². The van der Waals surface area contributed by atoms with Gasteiger partial charge in [0.2, 0.25) is 0 Å². The van der Waals surface area contributed by atoms with Crippen molar-refractivity contribution in [3.63, 3.8) is 0 Å². The zero-order chi connectivity index (χ0) is 11.5. The van der Waals surface area contributed by atoms with Gasteiger partial charge in [0.05, 0.1) is 0 Å². The molecular weight excluding hydrogens is 204 g/mol. The van der Waals surface area contributed by atoms with Crippen LogP contribution in [-0.4, -0.2) is 10.9 Å². The smallest absolute Gasteiger partial charge is 0.182 e. The average molecular weight is 214 g/mol. The van der Waals surface area contributed by atoms with E-state index < -0.39 is 0 Å². The van der Waals surface area contributed by atoms with Gasteiger partial charge in [-0.15, -0.1) is 0 Å². The van der Waals surface area contributed by atoms with Crippen LogP contribution in [0.2, 0.25) is 0 Å². The molecule has 1 N–H and O–H groups in total. The van der Waals surface area contributed by atoms with Crippen molar-refractivity contribution in [2.45, 2.75) is 0 Å². The number of ketones is 1. The number of phenolic OH excluding ortho intramolecular Hbond substituents is 1. The maximum Gasteiger partial charge on any atom is 0.182 e. The number of ether oxygens (including phenoxy) is 1. The molecule has 3 heteroatoms. The summed E-state index contributed by atoms with van der Waals surface area (Å²) in [7, 11) is 0. The van der Waals surface area contributed by atoms with E-state index in [9.17, 15) is 9.90 Å². The lowest BCUT2D eigenvalue weighted by atomic mass is 10.1. The molecule has 0 heterocycles. The van der Waals surface area contributed by atoms with Crippen LogP contribution in [0.3, 0.4) is 0 Å². The monoisotopic (exact) mass is 214 g/mol. The standard InChI is InChI=1S/C13H10O3/c1-9-5-6-11(15)8-13(9)16-12-4-2-3-10(14)7-12/h2-8,14H,1H2. The van der Waals surface area contributed by atoms with Gasteiger partial charge in [-0.1, -0.05) is 12.6 Å². The van der Waals surface area contributed by atoms with Crippen molar-refractivity contribution in [3.8, 4) is 11.5 Å². The highest BCUT2D eigenvalue weighted by molar-refractivity contribution is 6.02. The Hall–Kier alpha value is -2.29. The molecule has 0 saturated heterocycles. The molecule has 0 bridgehead atoms. The van der Waals surface area contributed by atoms with Crippen molar-refractivity contribution in [3.05, 3.63) is 60.4 Å². The molecule has 0 saturated carbocycles. The third-order valence-electron chi connectivity index (χ3n) is 2.08. The van der Waals surface area contributed by atoms with E-state index in [2.05, 4.69) is 6.58 Å². The average Bonchev–Trinajstić information content (AvgIpc) is 2.24. The Balaban J connectivity index is 2.22. The molecule has 80 valence electrons. The molecule has 1 aliphatic carbocycles. The minimum Gasteiger partial charge on any atom is -0.508 e. The third kappa shape index (κ3) is 2.20. The first-order valence-corrected chi connectivity index (χ1v) is 4.75. The zero-order valence-electron chi connectivity index (χ0n) is 8.51. The highest BCUT2D eigenvalue weighted by Crippen LogP contribution is 2.23. The summed E-state index contributed by atoms with van der Waals surface area (Å²) in [6.45, 7) is 3.75. The normalized spacial score (nSPS) is 14.9. The Kier molecular flexibility index (Phi) is 2.60. The number of aromatic hydroxyl groups is 1. The lowest BCUT2D eigenvalue weighted by molar-refractivity contribution is -0.110. The molecule has 0 fully saturated rings. The Morgan fingerprint density at radius 1 is 1.25 bits per heavy atom. The van der Waals surface area contributed by atoms with Crippen molar-refractivity contribution in [2.24, 2.45) is 0 Å². The van der Waals surface area contributed by atoms with E-state index >= 15 is 0 Å². The number of hydrogen-bond acceptors (Lipinski definition) is 3. The second-order valence-electron chi connectivity index (χ2n) is 3.37. The fraction of sp³-hybridized carbons (Fsp3) is 0. The van der Waals surface area contributed by atoms with E-state index in [4.69, 9.17) is 4.74 Å². The number of rotatable bonds is 2.